The van der Waals surface area contributed by atoms with Gasteiger partial charge in [-0.05, 0) is 18.4 Å². The lowest BCUT2D eigenvalue weighted by Gasteiger charge is -2.10. The van der Waals surface area contributed by atoms with E-state index >= 15 is 0 Å². The molecule has 0 aliphatic carbocycles. The molecule has 0 radical (unpaired) electrons. The van der Waals surface area contributed by atoms with E-state index in [1.165, 1.54) is 6.07 Å². The smallest absolute Gasteiger partial charge is 0.272 e. The normalized spacial score (nSPS) is 10.6. The molecule has 1 amide bonds. The second-order valence-corrected chi connectivity index (χ2v) is 5.12. The summed E-state index contributed by atoms with van der Waals surface area (Å²) in [5, 5.41) is 16.6. The van der Waals surface area contributed by atoms with Crippen molar-refractivity contribution in [2.24, 2.45) is 5.92 Å². The van der Waals surface area contributed by atoms with Crippen molar-refractivity contribution in [3.05, 3.63) is 39.4 Å². The number of hydrogen-bond acceptors (Lipinski definition) is 4. The van der Waals surface area contributed by atoms with Crippen molar-refractivity contribution in [3.8, 4) is 0 Å². The largest absolute Gasteiger partial charge is 0.355 e. The van der Waals surface area contributed by atoms with E-state index in [-0.39, 0.29) is 18.1 Å². The molecule has 1 aromatic carbocycles. The van der Waals surface area contributed by atoms with Crippen LogP contribution in [0.2, 0.25) is 0 Å². The van der Waals surface area contributed by atoms with E-state index in [1.54, 1.807) is 13.0 Å². The number of carbonyl (C=O) groups is 1. The summed E-state index contributed by atoms with van der Waals surface area (Å²) in [6.07, 6.45) is 0. The number of nitro groups is 1. The van der Waals surface area contributed by atoms with Crippen LogP contribution in [0.25, 0.3) is 0 Å². The van der Waals surface area contributed by atoms with E-state index in [1.807, 2.05) is 19.9 Å². The zero-order valence-corrected chi connectivity index (χ0v) is 12.1. The van der Waals surface area contributed by atoms with Crippen LogP contribution >= 0.6 is 0 Å². The summed E-state index contributed by atoms with van der Waals surface area (Å²) in [7, 11) is 0. The number of carbonyl (C=O) groups excluding carboxylic acids is 1. The molecule has 0 fully saturated rings. The third-order valence-corrected chi connectivity index (χ3v) is 2.92. The Bertz CT molecular complexity index is 487. The number of nitrogens with zero attached hydrogens (tertiary/aromatic N) is 1. The Morgan fingerprint density at radius 2 is 2.10 bits per heavy atom. The van der Waals surface area contributed by atoms with Gasteiger partial charge < -0.3 is 10.6 Å². The highest BCUT2D eigenvalue weighted by Crippen LogP contribution is 2.20. The molecule has 0 bridgehead atoms. The number of nitrogens with one attached hydrogen (secondary N) is 2. The molecule has 0 saturated heterocycles. The zero-order chi connectivity index (χ0) is 15.1. The maximum absolute atomic E-state index is 11.5. The topological polar surface area (TPSA) is 84.3 Å². The average molecular weight is 279 g/mol. The van der Waals surface area contributed by atoms with Crippen LogP contribution in [0.3, 0.4) is 0 Å². The minimum absolute atomic E-state index is 0.0678. The SMILES string of the molecule is Cc1c(CNCC(=O)NCC(C)C)cccc1[N+](=O)[O-]. The number of amides is 1. The third-order valence-electron chi connectivity index (χ3n) is 2.92. The van der Waals surface area contributed by atoms with Gasteiger partial charge in [-0.2, -0.15) is 0 Å². The van der Waals surface area contributed by atoms with Gasteiger partial charge in [-0.25, -0.2) is 0 Å². The monoisotopic (exact) mass is 279 g/mol. The van der Waals surface area contributed by atoms with Crippen LogP contribution in [0, 0.1) is 23.0 Å². The molecule has 20 heavy (non-hydrogen) atoms. The Balaban J connectivity index is 2.48. The van der Waals surface area contributed by atoms with Gasteiger partial charge in [0.2, 0.25) is 5.91 Å². The van der Waals surface area contributed by atoms with E-state index in [0.29, 0.717) is 24.6 Å². The first-order valence-electron chi connectivity index (χ1n) is 6.62. The third kappa shape index (κ3) is 4.97. The van der Waals surface area contributed by atoms with Gasteiger partial charge in [-0.1, -0.05) is 26.0 Å². The number of benzene rings is 1. The predicted molar refractivity (Wildman–Crippen MR) is 77.4 cm³/mol. The Kier molecular flexibility index (Phi) is 6.11. The zero-order valence-electron chi connectivity index (χ0n) is 12.1. The summed E-state index contributed by atoms with van der Waals surface area (Å²) in [5.41, 5.74) is 1.57. The lowest BCUT2D eigenvalue weighted by Crippen LogP contribution is -2.35. The molecular formula is C14H21N3O3. The first kappa shape index (κ1) is 16.1. The van der Waals surface area contributed by atoms with E-state index < -0.39 is 4.92 Å². The van der Waals surface area contributed by atoms with Gasteiger partial charge in [-0.15, -0.1) is 0 Å². The van der Waals surface area contributed by atoms with Gasteiger partial charge in [0.1, 0.15) is 0 Å². The Labute approximate surface area is 118 Å². The van der Waals surface area contributed by atoms with Crippen LogP contribution in [0.5, 0.6) is 0 Å². The van der Waals surface area contributed by atoms with Crippen molar-refractivity contribution in [1.29, 1.82) is 0 Å². The predicted octanol–water partition coefficient (Wildman–Crippen LogP) is 1.77. The van der Waals surface area contributed by atoms with Crippen LogP contribution in [-0.4, -0.2) is 23.9 Å². The Morgan fingerprint density at radius 3 is 2.70 bits per heavy atom. The van der Waals surface area contributed by atoms with Crippen molar-refractivity contribution < 1.29 is 9.72 Å². The molecule has 1 aromatic rings. The summed E-state index contributed by atoms with van der Waals surface area (Å²) in [6.45, 7) is 7.06. The van der Waals surface area contributed by atoms with Crippen LogP contribution in [0.15, 0.2) is 18.2 Å². The summed E-state index contributed by atoms with van der Waals surface area (Å²) < 4.78 is 0. The highest BCUT2D eigenvalue weighted by molar-refractivity contribution is 5.77. The van der Waals surface area contributed by atoms with Crippen molar-refractivity contribution in [2.75, 3.05) is 13.1 Å². The first-order chi connectivity index (χ1) is 9.41. The molecular weight excluding hydrogens is 258 g/mol. The minimum atomic E-state index is -0.395. The van der Waals surface area contributed by atoms with E-state index in [4.69, 9.17) is 0 Å². The highest BCUT2D eigenvalue weighted by atomic mass is 16.6. The summed E-state index contributed by atoms with van der Waals surface area (Å²) in [6, 6.07) is 4.95. The molecule has 0 unspecified atom stereocenters. The quantitative estimate of drug-likeness (QED) is 0.588. The van der Waals surface area contributed by atoms with Crippen LogP contribution in [-0.2, 0) is 11.3 Å². The number of nitro benzene ring substituents is 1. The van der Waals surface area contributed by atoms with E-state index in [9.17, 15) is 14.9 Å². The van der Waals surface area contributed by atoms with Crippen LogP contribution in [0.4, 0.5) is 5.69 Å². The summed E-state index contributed by atoms with van der Waals surface area (Å²) in [4.78, 5) is 21.9. The average Bonchev–Trinajstić information content (AvgIpc) is 2.38. The second-order valence-electron chi connectivity index (χ2n) is 5.12. The molecule has 0 heterocycles. The molecule has 0 spiro atoms. The number of hydrogen-bond donors (Lipinski definition) is 2. The molecule has 1 rings (SSSR count). The Morgan fingerprint density at radius 1 is 1.40 bits per heavy atom. The highest BCUT2D eigenvalue weighted by Gasteiger charge is 2.12. The molecule has 0 atom stereocenters. The fourth-order valence-corrected chi connectivity index (χ4v) is 1.75. The van der Waals surface area contributed by atoms with E-state index in [0.717, 1.165) is 5.56 Å². The standard InChI is InChI=1S/C14H21N3O3/c1-10(2)7-16-14(18)9-15-8-12-5-4-6-13(11(12)3)17(19)20/h4-6,10,15H,7-9H2,1-3H3,(H,16,18). The molecule has 0 saturated carbocycles. The maximum Gasteiger partial charge on any atom is 0.272 e. The molecule has 2 N–H and O–H groups in total. The molecule has 110 valence electrons. The van der Waals surface area contributed by atoms with Gasteiger partial charge in [0.25, 0.3) is 5.69 Å². The van der Waals surface area contributed by atoms with Crippen molar-refractivity contribution in [1.82, 2.24) is 10.6 Å². The van der Waals surface area contributed by atoms with Gasteiger partial charge in [0.15, 0.2) is 0 Å². The fourth-order valence-electron chi connectivity index (χ4n) is 1.75. The van der Waals surface area contributed by atoms with Crippen molar-refractivity contribution in [3.63, 3.8) is 0 Å². The molecule has 6 heteroatoms. The molecule has 0 aliphatic heterocycles. The van der Waals surface area contributed by atoms with Gasteiger partial charge in [0, 0.05) is 24.7 Å². The fraction of sp³-hybridized carbons (Fsp3) is 0.500. The lowest BCUT2D eigenvalue weighted by molar-refractivity contribution is -0.385. The maximum atomic E-state index is 11.5. The first-order valence-corrected chi connectivity index (χ1v) is 6.62. The van der Waals surface area contributed by atoms with Crippen LogP contribution in [0.1, 0.15) is 25.0 Å². The molecule has 0 aromatic heterocycles. The van der Waals surface area contributed by atoms with E-state index in [2.05, 4.69) is 10.6 Å². The lowest BCUT2D eigenvalue weighted by atomic mass is 10.1. The second kappa shape index (κ2) is 7.59. The van der Waals surface area contributed by atoms with Crippen molar-refractivity contribution in [2.45, 2.75) is 27.3 Å². The molecule has 0 aliphatic rings. The molecule has 6 nitrogen and oxygen atoms in total. The Hall–Kier alpha value is -1.95. The number of rotatable bonds is 7. The van der Waals surface area contributed by atoms with Crippen molar-refractivity contribution >= 4 is 11.6 Å². The van der Waals surface area contributed by atoms with Crippen LogP contribution < -0.4 is 10.6 Å². The minimum Gasteiger partial charge on any atom is -0.355 e. The summed E-state index contributed by atoms with van der Waals surface area (Å²) in [5.74, 6) is 0.347. The van der Waals surface area contributed by atoms with Gasteiger partial charge in [0.05, 0.1) is 11.5 Å². The summed E-state index contributed by atoms with van der Waals surface area (Å²) >= 11 is 0. The van der Waals surface area contributed by atoms with Gasteiger partial charge in [-0.3, -0.25) is 14.9 Å². The van der Waals surface area contributed by atoms with Gasteiger partial charge >= 0.3 is 0 Å².